The summed E-state index contributed by atoms with van der Waals surface area (Å²) in [4.78, 5) is 4.11. The van der Waals surface area contributed by atoms with Gasteiger partial charge in [-0.25, -0.2) is 17.5 Å². The smallest absolute Gasteiger partial charge is 0.209 e. The zero-order valence-electron chi connectivity index (χ0n) is 16.0. The molecule has 0 amide bonds. The molecule has 1 atom stereocenters. The van der Waals surface area contributed by atoms with Crippen LogP contribution >= 0.6 is 0 Å². The Bertz CT molecular complexity index is 708. The Kier molecular flexibility index (Phi) is 8.29. The van der Waals surface area contributed by atoms with Crippen LogP contribution in [0.2, 0.25) is 0 Å². The van der Waals surface area contributed by atoms with E-state index >= 15 is 0 Å². The normalized spacial score (nSPS) is 14.0. The van der Waals surface area contributed by atoms with Gasteiger partial charge < -0.3 is 15.4 Å². The Labute approximate surface area is 155 Å². The maximum absolute atomic E-state index is 13.7. The fourth-order valence-electron chi connectivity index (χ4n) is 2.26. The van der Waals surface area contributed by atoms with Crippen LogP contribution in [0.1, 0.15) is 27.2 Å². The van der Waals surface area contributed by atoms with Gasteiger partial charge in [0.05, 0.1) is 12.8 Å². The lowest BCUT2D eigenvalue weighted by Crippen LogP contribution is -2.53. The molecule has 1 aromatic carbocycles. The highest BCUT2D eigenvalue weighted by molar-refractivity contribution is 7.88. The Balaban J connectivity index is 2.55. The minimum absolute atomic E-state index is 0.211. The van der Waals surface area contributed by atoms with Crippen LogP contribution in [0, 0.1) is 5.82 Å². The van der Waals surface area contributed by atoms with Crippen molar-refractivity contribution in [3.63, 3.8) is 0 Å². The van der Waals surface area contributed by atoms with E-state index < -0.39 is 21.4 Å². The summed E-state index contributed by atoms with van der Waals surface area (Å²) in [5.41, 5.74) is -0.682. The number of benzene rings is 1. The molecular weight excluding hydrogens is 359 g/mol. The molecule has 9 heteroatoms. The Morgan fingerprint density at radius 3 is 2.50 bits per heavy atom. The van der Waals surface area contributed by atoms with E-state index in [2.05, 4.69) is 20.3 Å². The van der Waals surface area contributed by atoms with Crippen molar-refractivity contribution in [2.45, 2.75) is 38.8 Å². The molecule has 0 fully saturated rings. The second-order valence-corrected chi connectivity index (χ2v) is 8.39. The first-order valence-electron chi connectivity index (χ1n) is 8.41. The number of hydrogen-bond acceptors (Lipinski definition) is 4. The maximum atomic E-state index is 13.7. The Morgan fingerprint density at radius 2 is 1.96 bits per heavy atom. The fourth-order valence-corrected chi connectivity index (χ4v) is 3.34. The van der Waals surface area contributed by atoms with Crippen LogP contribution in [0.5, 0.6) is 5.75 Å². The van der Waals surface area contributed by atoms with Crippen LogP contribution in [0.15, 0.2) is 29.3 Å². The molecule has 0 aliphatic rings. The van der Waals surface area contributed by atoms with E-state index in [4.69, 9.17) is 4.74 Å². The predicted octanol–water partition coefficient (Wildman–Crippen LogP) is 1.48. The molecule has 0 heterocycles. The fraction of sp³-hybridized carbons (Fsp3) is 0.588. The van der Waals surface area contributed by atoms with Crippen LogP contribution < -0.4 is 20.1 Å². The highest BCUT2D eigenvalue weighted by atomic mass is 32.2. The average molecular weight is 389 g/mol. The Morgan fingerprint density at radius 1 is 1.31 bits per heavy atom. The van der Waals surface area contributed by atoms with Crippen LogP contribution in [0.4, 0.5) is 4.39 Å². The van der Waals surface area contributed by atoms with Gasteiger partial charge in [0.25, 0.3) is 0 Å². The van der Waals surface area contributed by atoms with Crippen LogP contribution in [0.3, 0.4) is 0 Å². The topological polar surface area (TPSA) is 91.8 Å². The van der Waals surface area contributed by atoms with Gasteiger partial charge >= 0.3 is 0 Å². The van der Waals surface area contributed by atoms with Crippen molar-refractivity contribution >= 4 is 16.0 Å². The third-order valence-corrected chi connectivity index (χ3v) is 4.39. The molecule has 148 valence electrons. The van der Waals surface area contributed by atoms with Gasteiger partial charge in [-0.2, -0.15) is 0 Å². The number of ether oxygens (including phenoxy) is 1. The van der Waals surface area contributed by atoms with Crippen LogP contribution in [0.25, 0.3) is 0 Å². The molecule has 1 aromatic rings. The lowest BCUT2D eigenvalue weighted by Gasteiger charge is -2.27. The number of nitrogens with one attached hydrogen (secondary N) is 3. The minimum Gasteiger partial charge on any atom is -0.486 e. The number of para-hydroxylation sites is 1. The van der Waals surface area contributed by atoms with Crippen molar-refractivity contribution in [3.05, 3.63) is 30.1 Å². The van der Waals surface area contributed by atoms with Crippen molar-refractivity contribution in [2.75, 3.05) is 26.4 Å². The molecule has 0 radical (unpaired) electrons. The van der Waals surface area contributed by atoms with Gasteiger partial charge in [0.15, 0.2) is 17.5 Å². The molecule has 0 saturated heterocycles. The van der Waals surface area contributed by atoms with E-state index in [1.165, 1.54) is 6.07 Å². The highest BCUT2D eigenvalue weighted by Crippen LogP contribution is 2.17. The lowest BCUT2D eigenvalue weighted by molar-refractivity contribution is 0.191. The molecule has 1 rings (SSSR count). The summed E-state index contributed by atoms with van der Waals surface area (Å²) in [6, 6.07) is 6.27. The molecule has 0 bridgehead atoms. The number of hydrogen-bond donors (Lipinski definition) is 3. The molecule has 0 aromatic heterocycles. The number of aliphatic imine (C=N–C) groups is 1. The van der Waals surface area contributed by atoms with Gasteiger partial charge in [-0.3, -0.25) is 4.99 Å². The summed E-state index contributed by atoms with van der Waals surface area (Å²) < 4.78 is 44.7. The number of nitrogens with zero attached hydrogens (tertiary/aromatic N) is 1. The quantitative estimate of drug-likeness (QED) is 0.440. The molecule has 7 nitrogen and oxygen atoms in total. The third-order valence-electron chi connectivity index (χ3n) is 3.47. The minimum atomic E-state index is -3.31. The summed E-state index contributed by atoms with van der Waals surface area (Å²) in [6.07, 6.45) is 1.56. The second-order valence-electron chi connectivity index (χ2n) is 6.64. The first-order valence-corrected chi connectivity index (χ1v) is 10.3. The zero-order chi connectivity index (χ0) is 19.8. The van der Waals surface area contributed by atoms with E-state index in [9.17, 15) is 12.8 Å². The standard InChI is InChI=1S/C17H29FN4O3S/c1-6-13(25-15-10-8-7-9-14(15)18)11-20-16(19-4)21-12-17(2,3)22-26(5,23)24/h7-10,13,22H,6,11-12H2,1-5H3,(H2,19,20,21). The lowest BCUT2D eigenvalue weighted by atomic mass is 10.1. The average Bonchev–Trinajstić information content (AvgIpc) is 2.53. The number of rotatable bonds is 9. The van der Waals surface area contributed by atoms with E-state index in [1.54, 1.807) is 39.1 Å². The molecule has 3 N–H and O–H groups in total. The molecule has 0 aliphatic heterocycles. The summed E-state index contributed by atoms with van der Waals surface area (Å²) in [5.74, 6) is 0.314. The SMILES string of the molecule is CCC(CNC(=NC)NCC(C)(C)NS(C)(=O)=O)Oc1ccccc1F. The van der Waals surface area contributed by atoms with Gasteiger partial charge in [0.1, 0.15) is 6.10 Å². The number of guanidine groups is 1. The number of halogens is 1. The Hall–Kier alpha value is -1.87. The van der Waals surface area contributed by atoms with Crippen LogP contribution in [-0.2, 0) is 10.0 Å². The first-order chi connectivity index (χ1) is 12.1. The second kappa shape index (κ2) is 9.72. The largest absolute Gasteiger partial charge is 0.486 e. The summed E-state index contributed by atoms with van der Waals surface area (Å²) in [5, 5.41) is 6.18. The van der Waals surface area contributed by atoms with Crippen molar-refractivity contribution in [1.82, 2.24) is 15.4 Å². The van der Waals surface area contributed by atoms with E-state index in [1.807, 2.05) is 6.92 Å². The van der Waals surface area contributed by atoms with Gasteiger partial charge in [0.2, 0.25) is 10.0 Å². The van der Waals surface area contributed by atoms with E-state index in [-0.39, 0.29) is 11.9 Å². The van der Waals surface area contributed by atoms with Gasteiger partial charge in [-0.15, -0.1) is 0 Å². The third kappa shape index (κ3) is 8.48. The molecule has 0 spiro atoms. The zero-order valence-corrected chi connectivity index (χ0v) is 16.8. The molecular formula is C17H29FN4O3S. The first kappa shape index (κ1) is 22.2. The van der Waals surface area contributed by atoms with Crippen molar-refractivity contribution in [2.24, 2.45) is 4.99 Å². The van der Waals surface area contributed by atoms with Crippen molar-refractivity contribution in [1.29, 1.82) is 0 Å². The van der Waals surface area contributed by atoms with E-state index in [0.717, 1.165) is 6.26 Å². The highest BCUT2D eigenvalue weighted by Gasteiger charge is 2.22. The van der Waals surface area contributed by atoms with Crippen LogP contribution in [-0.4, -0.2) is 52.4 Å². The number of sulfonamides is 1. The predicted molar refractivity (Wildman–Crippen MR) is 103 cm³/mol. The van der Waals surface area contributed by atoms with Crippen molar-refractivity contribution < 1.29 is 17.5 Å². The maximum Gasteiger partial charge on any atom is 0.209 e. The van der Waals surface area contributed by atoms with Gasteiger partial charge in [-0.05, 0) is 32.4 Å². The molecule has 0 aliphatic carbocycles. The van der Waals surface area contributed by atoms with Crippen molar-refractivity contribution in [3.8, 4) is 5.75 Å². The summed E-state index contributed by atoms with van der Waals surface area (Å²) >= 11 is 0. The molecule has 1 unspecified atom stereocenters. The molecule has 0 saturated carbocycles. The van der Waals surface area contributed by atoms with Gasteiger partial charge in [-0.1, -0.05) is 19.1 Å². The monoisotopic (exact) mass is 388 g/mol. The summed E-state index contributed by atoms with van der Waals surface area (Å²) in [6.45, 7) is 6.24. The molecule has 26 heavy (non-hydrogen) atoms. The van der Waals surface area contributed by atoms with E-state index in [0.29, 0.717) is 25.5 Å². The summed E-state index contributed by atoms with van der Waals surface area (Å²) in [7, 11) is -1.69. The van der Waals surface area contributed by atoms with Gasteiger partial charge in [0, 0.05) is 19.1 Å².